The summed E-state index contributed by atoms with van der Waals surface area (Å²) in [6.07, 6.45) is 2.99. The molecular formula is C12H16N6O2S. The normalized spacial score (nSPS) is 11.2. The van der Waals surface area contributed by atoms with Crippen LogP contribution in [0.4, 0.5) is 17.3 Å². The lowest BCUT2D eigenvalue weighted by molar-refractivity contribution is -0.383. The predicted octanol–water partition coefficient (Wildman–Crippen LogP) is 2.62. The van der Waals surface area contributed by atoms with Crippen molar-refractivity contribution < 1.29 is 4.92 Å². The summed E-state index contributed by atoms with van der Waals surface area (Å²) in [6, 6.07) is 0. The Morgan fingerprint density at radius 3 is 2.62 bits per heavy atom. The van der Waals surface area contributed by atoms with Crippen molar-refractivity contribution in [3.63, 3.8) is 0 Å². The summed E-state index contributed by atoms with van der Waals surface area (Å²) in [7, 11) is 0. The van der Waals surface area contributed by atoms with E-state index in [2.05, 4.69) is 25.6 Å². The van der Waals surface area contributed by atoms with Gasteiger partial charge in [0.25, 0.3) is 0 Å². The summed E-state index contributed by atoms with van der Waals surface area (Å²) < 4.78 is 0. The van der Waals surface area contributed by atoms with Crippen LogP contribution in [0.3, 0.4) is 0 Å². The van der Waals surface area contributed by atoms with Gasteiger partial charge in [-0.1, -0.05) is 0 Å². The quantitative estimate of drug-likeness (QED) is 0.624. The molecule has 0 spiro atoms. The first-order chi connectivity index (χ1) is 9.95. The van der Waals surface area contributed by atoms with Crippen molar-refractivity contribution in [3.05, 3.63) is 33.0 Å². The van der Waals surface area contributed by atoms with E-state index >= 15 is 0 Å². The van der Waals surface area contributed by atoms with Crippen molar-refractivity contribution in [1.29, 1.82) is 0 Å². The summed E-state index contributed by atoms with van der Waals surface area (Å²) in [5.41, 5.74) is -0.736. The largest absolute Gasteiger partial charge is 0.364 e. The van der Waals surface area contributed by atoms with E-state index < -0.39 is 10.5 Å². The fourth-order valence-corrected chi connectivity index (χ4v) is 2.54. The third-order valence-corrected chi connectivity index (χ3v) is 3.84. The number of nitrogens with one attached hydrogen (secondary N) is 2. The van der Waals surface area contributed by atoms with Gasteiger partial charge in [0.1, 0.15) is 11.3 Å². The molecule has 9 heteroatoms. The van der Waals surface area contributed by atoms with Crippen molar-refractivity contribution in [2.75, 3.05) is 17.2 Å². The molecule has 0 bridgehead atoms. The van der Waals surface area contributed by atoms with Gasteiger partial charge in [-0.05, 0) is 20.8 Å². The Balaban J connectivity index is 2.40. The molecule has 0 saturated heterocycles. The zero-order valence-corrected chi connectivity index (χ0v) is 12.8. The van der Waals surface area contributed by atoms with Gasteiger partial charge >= 0.3 is 5.69 Å². The molecule has 2 N–H and O–H groups in total. The van der Waals surface area contributed by atoms with E-state index in [4.69, 9.17) is 0 Å². The van der Waals surface area contributed by atoms with Crippen molar-refractivity contribution >= 4 is 28.7 Å². The number of anilines is 2. The molecular weight excluding hydrogens is 292 g/mol. The lowest BCUT2D eigenvalue weighted by Crippen LogP contribution is -2.29. The number of aromatic nitrogens is 3. The molecule has 0 aliphatic rings. The fraction of sp³-hybridized carbons (Fsp3) is 0.417. The molecule has 0 unspecified atom stereocenters. The topological polar surface area (TPSA) is 106 Å². The molecule has 0 saturated carbocycles. The highest BCUT2D eigenvalue weighted by molar-refractivity contribution is 7.09. The van der Waals surface area contributed by atoms with E-state index in [0.717, 1.165) is 5.01 Å². The van der Waals surface area contributed by atoms with Gasteiger partial charge in [0.15, 0.2) is 0 Å². The van der Waals surface area contributed by atoms with E-state index in [1.807, 2.05) is 26.2 Å². The third-order valence-electron chi connectivity index (χ3n) is 2.75. The molecule has 2 aromatic heterocycles. The van der Waals surface area contributed by atoms with Gasteiger partial charge in [0.05, 0.1) is 10.5 Å². The van der Waals surface area contributed by atoms with Crippen LogP contribution < -0.4 is 10.6 Å². The first kappa shape index (κ1) is 15.1. The Morgan fingerprint density at radius 1 is 1.33 bits per heavy atom. The van der Waals surface area contributed by atoms with E-state index in [-0.39, 0.29) is 17.3 Å². The highest BCUT2D eigenvalue weighted by Crippen LogP contribution is 2.34. The maximum Gasteiger partial charge on any atom is 0.353 e. The number of nitro groups is 1. The maximum absolute atomic E-state index is 11.3. The molecule has 2 rings (SSSR count). The SMILES string of the molecule is CCNc1ncnc(NC(C)(C)c2nccs2)c1[N+](=O)[O-]. The van der Waals surface area contributed by atoms with E-state index in [1.165, 1.54) is 17.7 Å². The van der Waals surface area contributed by atoms with E-state index in [0.29, 0.717) is 6.54 Å². The third kappa shape index (κ3) is 3.24. The number of nitrogens with zero attached hydrogens (tertiary/aromatic N) is 4. The monoisotopic (exact) mass is 308 g/mol. The molecule has 112 valence electrons. The maximum atomic E-state index is 11.3. The van der Waals surface area contributed by atoms with Crippen LogP contribution in [0, 0.1) is 10.1 Å². The highest BCUT2D eigenvalue weighted by Gasteiger charge is 2.30. The second kappa shape index (κ2) is 6.00. The van der Waals surface area contributed by atoms with Gasteiger partial charge < -0.3 is 10.6 Å². The molecule has 0 atom stereocenters. The fourth-order valence-electron chi connectivity index (χ4n) is 1.82. The zero-order valence-electron chi connectivity index (χ0n) is 12.0. The van der Waals surface area contributed by atoms with Crippen molar-refractivity contribution in [1.82, 2.24) is 15.0 Å². The Labute approximate surface area is 125 Å². The molecule has 2 aromatic rings. The van der Waals surface area contributed by atoms with E-state index in [1.54, 1.807) is 6.20 Å². The summed E-state index contributed by atoms with van der Waals surface area (Å²) in [5, 5.41) is 20.0. The zero-order chi connectivity index (χ0) is 15.5. The van der Waals surface area contributed by atoms with Gasteiger partial charge in [-0.2, -0.15) is 0 Å². The smallest absolute Gasteiger partial charge is 0.353 e. The summed E-state index contributed by atoms with van der Waals surface area (Å²) in [4.78, 5) is 23.0. The van der Waals surface area contributed by atoms with Crippen LogP contribution in [0.5, 0.6) is 0 Å². The number of thiazole rings is 1. The van der Waals surface area contributed by atoms with Crippen molar-refractivity contribution in [3.8, 4) is 0 Å². The molecule has 0 radical (unpaired) electrons. The molecule has 21 heavy (non-hydrogen) atoms. The lowest BCUT2D eigenvalue weighted by Gasteiger charge is -2.24. The molecule has 0 aliphatic carbocycles. The first-order valence-corrected chi connectivity index (χ1v) is 7.25. The standard InChI is InChI=1S/C12H16N6O2S/c1-4-13-9-8(18(19)20)10(16-7-15-9)17-12(2,3)11-14-5-6-21-11/h5-7H,4H2,1-3H3,(H2,13,15,16,17). The number of hydrogen-bond donors (Lipinski definition) is 2. The predicted molar refractivity (Wildman–Crippen MR) is 81.6 cm³/mol. The minimum atomic E-state index is -0.573. The molecule has 2 heterocycles. The average molecular weight is 308 g/mol. The van der Waals surface area contributed by atoms with Crippen LogP contribution in [-0.4, -0.2) is 26.4 Å². The van der Waals surface area contributed by atoms with E-state index in [9.17, 15) is 10.1 Å². The minimum Gasteiger partial charge on any atom is -0.364 e. The Bertz CT molecular complexity index is 629. The van der Waals surface area contributed by atoms with Gasteiger partial charge in [-0.25, -0.2) is 15.0 Å². The van der Waals surface area contributed by atoms with Crippen molar-refractivity contribution in [2.24, 2.45) is 0 Å². The first-order valence-electron chi connectivity index (χ1n) is 6.37. The minimum absolute atomic E-state index is 0.163. The summed E-state index contributed by atoms with van der Waals surface area (Å²) in [5.74, 6) is 0.376. The summed E-state index contributed by atoms with van der Waals surface area (Å²) in [6.45, 7) is 6.17. The lowest BCUT2D eigenvalue weighted by atomic mass is 10.1. The Kier molecular flexibility index (Phi) is 4.32. The average Bonchev–Trinajstić information content (AvgIpc) is 2.93. The van der Waals surface area contributed by atoms with Gasteiger partial charge in [-0.3, -0.25) is 10.1 Å². The number of rotatable bonds is 6. The van der Waals surface area contributed by atoms with Crippen LogP contribution in [0.1, 0.15) is 25.8 Å². The van der Waals surface area contributed by atoms with Crippen LogP contribution >= 0.6 is 11.3 Å². The van der Waals surface area contributed by atoms with Gasteiger partial charge in [0.2, 0.25) is 11.6 Å². The Hall–Kier alpha value is -2.29. The highest BCUT2D eigenvalue weighted by atomic mass is 32.1. The second-order valence-corrected chi connectivity index (χ2v) is 5.69. The van der Waals surface area contributed by atoms with Crippen molar-refractivity contribution in [2.45, 2.75) is 26.3 Å². The van der Waals surface area contributed by atoms with Gasteiger partial charge in [0, 0.05) is 18.1 Å². The molecule has 0 aromatic carbocycles. The molecule has 0 fully saturated rings. The number of hydrogen-bond acceptors (Lipinski definition) is 8. The van der Waals surface area contributed by atoms with Gasteiger partial charge in [-0.15, -0.1) is 11.3 Å². The summed E-state index contributed by atoms with van der Waals surface area (Å²) >= 11 is 1.48. The molecule has 8 nitrogen and oxygen atoms in total. The molecule has 0 amide bonds. The van der Waals surface area contributed by atoms with Crippen LogP contribution in [0.2, 0.25) is 0 Å². The Morgan fingerprint density at radius 2 is 2.05 bits per heavy atom. The van der Waals surface area contributed by atoms with Crippen LogP contribution in [0.15, 0.2) is 17.9 Å². The van der Waals surface area contributed by atoms with Crippen LogP contribution in [0.25, 0.3) is 0 Å². The second-order valence-electron chi connectivity index (χ2n) is 4.79. The molecule has 0 aliphatic heterocycles. The van der Waals surface area contributed by atoms with Crippen LogP contribution in [-0.2, 0) is 5.54 Å².